The van der Waals surface area contributed by atoms with E-state index in [1.165, 1.54) is 7.05 Å². The van der Waals surface area contributed by atoms with Gasteiger partial charge in [0.1, 0.15) is 5.15 Å². The number of hydrogen-bond acceptors (Lipinski definition) is 4. The molecule has 0 aliphatic carbocycles. The van der Waals surface area contributed by atoms with Gasteiger partial charge in [-0.3, -0.25) is 0 Å². The van der Waals surface area contributed by atoms with Gasteiger partial charge in [0.05, 0.1) is 5.10 Å². The minimum atomic E-state index is -0.716. The van der Waals surface area contributed by atoms with Gasteiger partial charge in [-0.25, -0.2) is 15.1 Å². The Bertz CT molecular complexity index is 407. The first kappa shape index (κ1) is 16.3. The zero-order valence-corrected chi connectivity index (χ0v) is 11.3. The summed E-state index contributed by atoms with van der Waals surface area (Å²) in [5.41, 5.74) is 5.41. The molecular weight excluding hydrogens is 258 g/mol. The van der Waals surface area contributed by atoms with Gasteiger partial charge >= 0.3 is 0 Å². The molecule has 0 aliphatic heterocycles. The van der Waals surface area contributed by atoms with Gasteiger partial charge in [0.25, 0.3) is 0 Å². The van der Waals surface area contributed by atoms with E-state index < -0.39 is 5.03 Å². The number of aromatic nitrogens is 1. The average molecular weight is 274 g/mol. The maximum Gasteiger partial charge on any atom is 0.192 e. The minimum absolute atomic E-state index is 0.333. The fourth-order valence-corrected chi connectivity index (χ4v) is 1.19. The van der Waals surface area contributed by atoms with Gasteiger partial charge in [0, 0.05) is 26.7 Å². The highest BCUT2D eigenvalue weighted by molar-refractivity contribution is 6.29. The second-order valence-electron chi connectivity index (χ2n) is 3.23. The summed E-state index contributed by atoms with van der Waals surface area (Å²) in [5, 5.41) is 13.1. The zero-order valence-electron chi connectivity index (χ0n) is 10.5. The summed E-state index contributed by atoms with van der Waals surface area (Å²) >= 11 is 5.64. The molecule has 0 aliphatic rings. The smallest absolute Gasteiger partial charge is 0.192 e. The average Bonchev–Trinajstić information content (AvgIpc) is 2.33. The van der Waals surface area contributed by atoms with Crippen molar-refractivity contribution in [3.05, 3.63) is 39.2 Å². The Morgan fingerprint density at radius 3 is 2.67 bits per heavy atom. The second-order valence-corrected chi connectivity index (χ2v) is 3.62. The fourth-order valence-electron chi connectivity index (χ4n) is 1.08. The molecule has 1 heterocycles. The van der Waals surface area contributed by atoms with Crippen LogP contribution in [0.2, 0.25) is 5.15 Å². The Morgan fingerprint density at radius 1 is 1.61 bits per heavy atom. The quantitative estimate of drug-likeness (QED) is 0.295. The Morgan fingerprint density at radius 2 is 2.22 bits per heavy atom. The molecule has 0 saturated carbocycles. The predicted octanol–water partition coefficient (Wildman–Crippen LogP) is 1.35. The van der Waals surface area contributed by atoms with E-state index in [0.717, 1.165) is 5.56 Å². The van der Waals surface area contributed by atoms with Gasteiger partial charge < -0.3 is 10.6 Å². The SMILES string of the molecule is C/C(=N/[N+](=O)[O-])N(C)Cc1ccc(Cl)nc1.CN. The molecule has 0 saturated heterocycles. The molecule has 0 unspecified atom stereocenters. The van der Waals surface area contributed by atoms with E-state index in [-0.39, 0.29) is 0 Å². The molecule has 100 valence electrons. The molecule has 0 amide bonds. The standard InChI is InChI=1S/C9H11ClN4O2.CH5N/c1-7(12-14(15)16)13(2)6-8-3-4-9(10)11-5-8;1-2/h3-5H,6H2,1-2H3;2H2,1H3/b12-7-;. The molecule has 0 atom stereocenters. The summed E-state index contributed by atoms with van der Waals surface area (Å²) in [6.07, 6.45) is 1.62. The van der Waals surface area contributed by atoms with Gasteiger partial charge in [-0.05, 0) is 18.7 Å². The van der Waals surface area contributed by atoms with Gasteiger partial charge in [-0.2, -0.15) is 0 Å². The maximum atomic E-state index is 10.2. The molecule has 18 heavy (non-hydrogen) atoms. The van der Waals surface area contributed by atoms with Crippen LogP contribution in [0.3, 0.4) is 0 Å². The van der Waals surface area contributed by atoms with E-state index in [1.807, 2.05) is 6.07 Å². The van der Waals surface area contributed by atoms with Crippen molar-refractivity contribution < 1.29 is 5.03 Å². The topological polar surface area (TPSA) is 97.6 Å². The van der Waals surface area contributed by atoms with Crippen LogP contribution in [0.5, 0.6) is 0 Å². The largest absolute Gasteiger partial charge is 0.354 e. The predicted molar refractivity (Wildman–Crippen MR) is 70.9 cm³/mol. The van der Waals surface area contributed by atoms with E-state index in [1.54, 1.807) is 31.1 Å². The molecule has 0 radical (unpaired) electrons. The number of hydrogen-bond donors (Lipinski definition) is 1. The summed E-state index contributed by atoms with van der Waals surface area (Å²) in [4.78, 5) is 15.8. The van der Waals surface area contributed by atoms with Crippen molar-refractivity contribution in [2.24, 2.45) is 10.8 Å². The molecule has 0 bridgehead atoms. The van der Waals surface area contributed by atoms with Crippen molar-refractivity contribution in [2.45, 2.75) is 13.5 Å². The number of amidine groups is 1. The zero-order chi connectivity index (χ0) is 14.1. The van der Waals surface area contributed by atoms with Crippen LogP contribution in [0.15, 0.2) is 23.4 Å². The molecule has 2 N–H and O–H groups in total. The Hall–Kier alpha value is -1.73. The minimum Gasteiger partial charge on any atom is -0.354 e. The fraction of sp³-hybridized carbons (Fsp3) is 0.400. The lowest BCUT2D eigenvalue weighted by Gasteiger charge is -2.15. The van der Waals surface area contributed by atoms with Crippen LogP contribution in [-0.2, 0) is 6.54 Å². The second kappa shape index (κ2) is 8.37. The van der Waals surface area contributed by atoms with Gasteiger partial charge in [0.15, 0.2) is 10.9 Å². The lowest BCUT2D eigenvalue weighted by molar-refractivity contribution is -0.485. The number of halogens is 1. The molecular formula is C10H16ClN5O2. The Kier molecular flexibility index (Phi) is 7.57. The summed E-state index contributed by atoms with van der Waals surface area (Å²) in [6.45, 7) is 2.07. The monoisotopic (exact) mass is 273 g/mol. The molecule has 7 nitrogen and oxygen atoms in total. The third-order valence-corrected chi connectivity index (χ3v) is 2.21. The van der Waals surface area contributed by atoms with Crippen LogP contribution >= 0.6 is 11.6 Å². The van der Waals surface area contributed by atoms with Crippen LogP contribution in [0.25, 0.3) is 0 Å². The van der Waals surface area contributed by atoms with Crippen molar-refractivity contribution >= 4 is 17.4 Å². The summed E-state index contributed by atoms with van der Waals surface area (Å²) in [6, 6.07) is 3.48. The van der Waals surface area contributed by atoms with Crippen LogP contribution in [-0.4, -0.2) is 34.8 Å². The molecule has 1 aromatic rings. The van der Waals surface area contributed by atoms with Crippen molar-refractivity contribution in [1.82, 2.24) is 9.88 Å². The van der Waals surface area contributed by atoms with E-state index in [9.17, 15) is 10.1 Å². The van der Waals surface area contributed by atoms with Crippen molar-refractivity contribution in [1.29, 1.82) is 0 Å². The highest BCUT2D eigenvalue weighted by atomic mass is 35.5. The highest BCUT2D eigenvalue weighted by Gasteiger charge is 2.06. The summed E-state index contributed by atoms with van der Waals surface area (Å²) < 4.78 is 0. The van der Waals surface area contributed by atoms with Gasteiger partial charge in [-0.15, -0.1) is 0 Å². The van der Waals surface area contributed by atoms with Crippen LogP contribution < -0.4 is 5.73 Å². The number of nitrogens with zero attached hydrogens (tertiary/aromatic N) is 4. The third kappa shape index (κ3) is 6.12. The summed E-state index contributed by atoms with van der Waals surface area (Å²) in [5.74, 6) is 0.333. The Balaban J connectivity index is 0.00000137. The first-order chi connectivity index (χ1) is 8.49. The van der Waals surface area contributed by atoms with E-state index in [2.05, 4.69) is 15.8 Å². The molecule has 1 rings (SSSR count). The lowest BCUT2D eigenvalue weighted by atomic mass is 10.3. The van der Waals surface area contributed by atoms with Crippen molar-refractivity contribution in [3.8, 4) is 0 Å². The van der Waals surface area contributed by atoms with Crippen LogP contribution in [0, 0.1) is 10.1 Å². The molecule has 0 aromatic carbocycles. The van der Waals surface area contributed by atoms with Gasteiger partial charge in [-0.1, -0.05) is 17.7 Å². The number of nitrogens with two attached hydrogens (primary N) is 1. The Labute approximate surface area is 110 Å². The van der Waals surface area contributed by atoms with E-state index in [4.69, 9.17) is 11.6 Å². The lowest BCUT2D eigenvalue weighted by Crippen LogP contribution is -2.24. The maximum absolute atomic E-state index is 10.2. The van der Waals surface area contributed by atoms with E-state index >= 15 is 0 Å². The molecule has 8 heteroatoms. The normalized spacial score (nSPS) is 10.4. The van der Waals surface area contributed by atoms with Gasteiger partial charge in [0.2, 0.25) is 0 Å². The number of nitro groups is 1. The first-order valence-corrected chi connectivity index (χ1v) is 5.45. The highest BCUT2D eigenvalue weighted by Crippen LogP contribution is 2.07. The van der Waals surface area contributed by atoms with Crippen molar-refractivity contribution in [3.63, 3.8) is 0 Å². The number of pyridine rings is 1. The number of rotatable bonds is 3. The van der Waals surface area contributed by atoms with Crippen LogP contribution in [0.4, 0.5) is 0 Å². The first-order valence-electron chi connectivity index (χ1n) is 5.08. The number of hydrazone groups is 1. The third-order valence-electron chi connectivity index (χ3n) is 1.99. The summed E-state index contributed by atoms with van der Waals surface area (Å²) in [7, 11) is 3.22. The molecule has 1 aromatic heterocycles. The van der Waals surface area contributed by atoms with E-state index in [0.29, 0.717) is 17.5 Å². The van der Waals surface area contributed by atoms with Crippen molar-refractivity contribution in [2.75, 3.05) is 14.1 Å². The molecule has 0 fully saturated rings. The van der Waals surface area contributed by atoms with Crippen LogP contribution in [0.1, 0.15) is 12.5 Å². The molecule has 0 spiro atoms.